The number of nitriles is 1. The first kappa shape index (κ1) is 14.1. The van der Waals surface area contributed by atoms with Gasteiger partial charge in [0.05, 0.1) is 27.2 Å². The lowest BCUT2D eigenvalue weighted by Gasteiger charge is -2.10. The van der Waals surface area contributed by atoms with E-state index in [2.05, 4.69) is 9.71 Å². The molecule has 6 nitrogen and oxygen atoms in total. The van der Waals surface area contributed by atoms with E-state index < -0.39 is 10.0 Å². The lowest BCUT2D eigenvalue weighted by atomic mass is 10.2. The van der Waals surface area contributed by atoms with Crippen molar-refractivity contribution in [3.63, 3.8) is 0 Å². The van der Waals surface area contributed by atoms with E-state index in [1.165, 1.54) is 36.5 Å². The summed E-state index contributed by atoms with van der Waals surface area (Å²) in [6.07, 6.45) is 1.29. The standard InChI is InChI=1S/C12H9ClN4O2S/c13-10-2-1-8(7-14)5-11(10)17-20(18,19)9-3-4-16-12(15)6-9/h1-6,17H,(H2,15,16). The van der Waals surface area contributed by atoms with Crippen molar-refractivity contribution >= 4 is 33.1 Å². The van der Waals surface area contributed by atoms with Crippen molar-refractivity contribution in [2.45, 2.75) is 4.90 Å². The van der Waals surface area contributed by atoms with E-state index in [0.29, 0.717) is 5.56 Å². The molecule has 0 fully saturated rings. The highest BCUT2D eigenvalue weighted by molar-refractivity contribution is 7.92. The SMILES string of the molecule is N#Cc1ccc(Cl)c(NS(=O)(=O)c2ccnc(N)c2)c1. The highest BCUT2D eigenvalue weighted by Gasteiger charge is 2.16. The fourth-order valence-corrected chi connectivity index (χ4v) is 2.78. The molecular weight excluding hydrogens is 300 g/mol. The van der Waals surface area contributed by atoms with Crippen molar-refractivity contribution in [1.29, 1.82) is 5.26 Å². The molecule has 1 heterocycles. The van der Waals surface area contributed by atoms with E-state index in [1.54, 1.807) is 0 Å². The van der Waals surface area contributed by atoms with Gasteiger partial charge in [0.2, 0.25) is 0 Å². The summed E-state index contributed by atoms with van der Waals surface area (Å²) < 4.78 is 26.6. The summed E-state index contributed by atoms with van der Waals surface area (Å²) in [7, 11) is -3.85. The molecule has 8 heteroatoms. The zero-order valence-electron chi connectivity index (χ0n) is 10.0. The van der Waals surface area contributed by atoms with Crippen molar-refractivity contribution in [2.24, 2.45) is 0 Å². The van der Waals surface area contributed by atoms with Crippen LogP contribution in [0.3, 0.4) is 0 Å². The summed E-state index contributed by atoms with van der Waals surface area (Å²) in [5.74, 6) is 0.0877. The van der Waals surface area contributed by atoms with Gasteiger partial charge in [-0.3, -0.25) is 4.72 Å². The Hall–Kier alpha value is -2.30. The highest BCUT2D eigenvalue weighted by atomic mass is 35.5. The summed E-state index contributed by atoms with van der Waals surface area (Å²) in [4.78, 5) is 3.68. The topological polar surface area (TPSA) is 109 Å². The van der Waals surface area contributed by atoms with Gasteiger partial charge in [-0.15, -0.1) is 0 Å². The second-order valence-corrected chi connectivity index (χ2v) is 5.92. The van der Waals surface area contributed by atoms with Gasteiger partial charge in [-0.1, -0.05) is 11.6 Å². The molecule has 0 radical (unpaired) electrons. The molecule has 0 amide bonds. The first-order chi connectivity index (χ1) is 9.42. The molecule has 0 saturated carbocycles. The molecular formula is C12H9ClN4O2S. The maximum Gasteiger partial charge on any atom is 0.262 e. The smallest absolute Gasteiger partial charge is 0.262 e. The summed E-state index contributed by atoms with van der Waals surface area (Å²) in [6.45, 7) is 0. The minimum atomic E-state index is -3.85. The molecule has 0 aliphatic heterocycles. The van der Waals surface area contributed by atoms with Crippen molar-refractivity contribution in [1.82, 2.24) is 4.98 Å². The van der Waals surface area contributed by atoms with Crippen LogP contribution in [0.15, 0.2) is 41.4 Å². The van der Waals surface area contributed by atoms with Crippen molar-refractivity contribution < 1.29 is 8.42 Å². The van der Waals surface area contributed by atoms with Gasteiger partial charge in [-0.25, -0.2) is 13.4 Å². The minimum absolute atomic E-state index is 0.0385. The average molecular weight is 309 g/mol. The zero-order valence-corrected chi connectivity index (χ0v) is 11.6. The van der Waals surface area contributed by atoms with Crippen LogP contribution in [0.5, 0.6) is 0 Å². The number of anilines is 2. The predicted octanol–water partition coefficient (Wildman–Crippen LogP) is 1.99. The number of benzene rings is 1. The molecule has 2 rings (SSSR count). The Balaban J connectivity index is 2.41. The number of aromatic nitrogens is 1. The molecule has 102 valence electrons. The number of nitrogens with two attached hydrogens (primary N) is 1. The van der Waals surface area contributed by atoms with Gasteiger partial charge in [0.1, 0.15) is 5.82 Å². The Bertz CT molecular complexity index is 799. The fourth-order valence-electron chi connectivity index (χ4n) is 1.47. The van der Waals surface area contributed by atoms with Crippen LogP contribution in [0.4, 0.5) is 11.5 Å². The first-order valence-electron chi connectivity index (χ1n) is 5.36. The summed E-state index contributed by atoms with van der Waals surface area (Å²) in [5.41, 5.74) is 5.87. The molecule has 0 bridgehead atoms. The predicted molar refractivity (Wildman–Crippen MR) is 75.6 cm³/mol. The van der Waals surface area contributed by atoms with Gasteiger partial charge in [0.15, 0.2) is 0 Å². The molecule has 0 saturated heterocycles. The fraction of sp³-hybridized carbons (Fsp3) is 0. The van der Waals surface area contributed by atoms with Crippen molar-refractivity contribution in [3.05, 3.63) is 47.1 Å². The van der Waals surface area contributed by atoms with E-state index in [9.17, 15) is 8.42 Å². The first-order valence-corrected chi connectivity index (χ1v) is 7.22. The molecule has 1 aromatic carbocycles. The number of hydrogen-bond acceptors (Lipinski definition) is 5. The molecule has 0 aliphatic carbocycles. The van der Waals surface area contributed by atoms with Crippen LogP contribution < -0.4 is 10.5 Å². The molecule has 0 aliphatic rings. The Morgan fingerprint density at radius 2 is 2.05 bits per heavy atom. The van der Waals surface area contributed by atoms with E-state index >= 15 is 0 Å². The number of hydrogen-bond donors (Lipinski definition) is 2. The Morgan fingerprint density at radius 1 is 1.30 bits per heavy atom. The van der Waals surface area contributed by atoms with E-state index in [-0.39, 0.29) is 21.4 Å². The highest BCUT2D eigenvalue weighted by Crippen LogP contribution is 2.25. The van der Waals surface area contributed by atoms with Crippen molar-refractivity contribution in [2.75, 3.05) is 10.5 Å². The Labute approximate surface area is 120 Å². The lowest BCUT2D eigenvalue weighted by molar-refractivity contribution is 0.601. The average Bonchev–Trinajstić information content (AvgIpc) is 2.41. The van der Waals surface area contributed by atoms with Crippen LogP contribution >= 0.6 is 11.6 Å². The summed E-state index contributed by atoms with van der Waals surface area (Å²) in [5, 5.41) is 9.00. The number of pyridine rings is 1. The van der Waals surface area contributed by atoms with Gasteiger partial charge in [-0.2, -0.15) is 5.26 Å². The maximum atomic E-state index is 12.2. The largest absolute Gasteiger partial charge is 0.384 e. The van der Waals surface area contributed by atoms with Gasteiger partial charge in [0, 0.05) is 12.3 Å². The molecule has 2 aromatic rings. The molecule has 0 spiro atoms. The number of nitrogens with zero attached hydrogens (tertiary/aromatic N) is 2. The minimum Gasteiger partial charge on any atom is -0.384 e. The van der Waals surface area contributed by atoms with Crippen LogP contribution in [0.2, 0.25) is 5.02 Å². The molecule has 3 N–H and O–H groups in total. The van der Waals surface area contributed by atoms with Crippen LogP contribution in [-0.4, -0.2) is 13.4 Å². The van der Waals surface area contributed by atoms with E-state index in [4.69, 9.17) is 22.6 Å². The van der Waals surface area contributed by atoms with E-state index in [1.807, 2.05) is 6.07 Å². The van der Waals surface area contributed by atoms with Crippen LogP contribution in [0.25, 0.3) is 0 Å². The molecule has 1 aromatic heterocycles. The van der Waals surface area contributed by atoms with Gasteiger partial charge >= 0.3 is 0 Å². The second kappa shape index (κ2) is 5.36. The zero-order chi connectivity index (χ0) is 14.8. The van der Waals surface area contributed by atoms with Crippen LogP contribution in [0.1, 0.15) is 5.56 Å². The molecule has 0 atom stereocenters. The van der Waals surface area contributed by atoms with Crippen LogP contribution in [0, 0.1) is 11.3 Å². The number of nitrogens with one attached hydrogen (secondary N) is 1. The number of rotatable bonds is 3. The normalized spacial score (nSPS) is 10.8. The van der Waals surface area contributed by atoms with Crippen LogP contribution in [-0.2, 0) is 10.0 Å². The third-order valence-corrected chi connectivity index (χ3v) is 4.10. The quantitative estimate of drug-likeness (QED) is 0.901. The maximum absolute atomic E-state index is 12.2. The summed E-state index contributed by atoms with van der Waals surface area (Å²) in [6, 6.07) is 8.72. The number of sulfonamides is 1. The monoisotopic (exact) mass is 308 g/mol. The third-order valence-electron chi connectivity index (χ3n) is 2.40. The van der Waals surface area contributed by atoms with Gasteiger partial charge < -0.3 is 5.73 Å². The number of nitrogen functional groups attached to an aromatic ring is 1. The number of halogens is 1. The summed E-state index contributed by atoms with van der Waals surface area (Å²) >= 11 is 5.90. The van der Waals surface area contributed by atoms with Crippen molar-refractivity contribution in [3.8, 4) is 6.07 Å². The second-order valence-electron chi connectivity index (χ2n) is 3.83. The molecule has 0 unspecified atom stereocenters. The Morgan fingerprint density at radius 3 is 2.70 bits per heavy atom. The Kier molecular flexibility index (Phi) is 3.79. The third kappa shape index (κ3) is 2.99. The van der Waals surface area contributed by atoms with E-state index in [0.717, 1.165) is 0 Å². The molecule has 20 heavy (non-hydrogen) atoms. The lowest BCUT2D eigenvalue weighted by Crippen LogP contribution is -2.14. The van der Waals surface area contributed by atoms with Gasteiger partial charge in [0.25, 0.3) is 10.0 Å². The van der Waals surface area contributed by atoms with Gasteiger partial charge in [-0.05, 0) is 24.3 Å².